The molecular formula is C13H16N2O4S. The zero-order chi connectivity index (χ0) is 14.3. The minimum atomic E-state index is -3.63. The number of phenolic OH excluding ortho intramolecular Hbond substituents is 1. The summed E-state index contributed by atoms with van der Waals surface area (Å²) in [4.78, 5) is 11.8. The highest BCUT2D eigenvalue weighted by Crippen LogP contribution is 2.32. The number of benzene rings is 1. The van der Waals surface area contributed by atoms with Crippen molar-refractivity contribution in [3.63, 3.8) is 0 Å². The lowest BCUT2D eigenvalue weighted by Crippen LogP contribution is -2.48. The van der Waals surface area contributed by atoms with Gasteiger partial charge in [0.25, 0.3) is 0 Å². The van der Waals surface area contributed by atoms with Crippen molar-refractivity contribution in [2.45, 2.75) is 23.8 Å². The van der Waals surface area contributed by atoms with Gasteiger partial charge in [-0.15, -0.1) is 0 Å². The fourth-order valence-corrected chi connectivity index (χ4v) is 4.66. The summed E-state index contributed by atoms with van der Waals surface area (Å²) < 4.78 is 26.7. The van der Waals surface area contributed by atoms with Crippen LogP contribution in [0.1, 0.15) is 12.8 Å². The number of sulfonamides is 1. The number of amides is 1. The van der Waals surface area contributed by atoms with Crippen LogP contribution in [0.5, 0.6) is 5.75 Å². The molecule has 2 N–H and O–H groups in total. The maximum Gasteiger partial charge on any atom is 0.243 e. The molecule has 2 atom stereocenters. The van der Waals surface area contributed by atoms with Gasteiger partial charge in [-0.2, -0.15) is 4.31 Å². The van der Waals surface area contributed by atoms with Crippen LogP contribution in [0, 0.1) is 5.92 Å². The minimum absolute atomic E-state index is 0.0261. The largest absolute Gasteiger partial charge is 0.508 e. The lowest BCUT2D eigenvalue weighted by atomic mass is 9.93. The molecular weight excluding hydrogens is 280 g/mol. The van der Waals surface area contributed by atoms with Crippen LogP contribution in [0.4, 0.5) is 0 Å². The van der Waals surface area contributed by atoms with E-state index < -0.39 is 10.0 Å². The van der Waals surface area contributed by atoms with Crippen LogP contribution in [0.2, 0.25) is 0 Å². The molecule has 2 unspecified atom stereocenters. The number of nitrogens with one attached hydrogen (secondary N) is 1. The molecule has 6 nitrogen and oxygen atoms in total. The summed E-state index contributed by atoms with van der Waals surface area (Å²) in [6.07, 6.45) is 1.42. The molecule has 7 heteroatoms. The lowest BCUT2D eigenvalue weighted by molar-refractivity contribution is -0.123. The molecule has 2 aliphatic heterocycles. The van der Waals surface area contributed by atoms with E-state index in [1.54, 1.807) is 0 Å². The molecule has 20 heavy (non-hydrogen) atoms. The predicted molar refractivity (Wildman–Crippen MR) is 71.5 cm³/mol. The number of rotatable bonds is 2. The lowest BCUT2D eigenvalue weighted by Gasteiger charge is -2.34. The summed E-state index contributed by atoms with van der Waals surface area (Å²) in [6.45, 7) is 0.806. The van der Waals surface area contributed by atoms with Crippen molar-refractivity contribution in [2.24, 2.45) is 5.92 Å². The Morgan fingerprint density at radius 2 is 1.95 bits per heavy atom. The Morgan fingerprint density at radius 1 is 1.25 bits per heavy atom. The molecule has 108 valence electrons. The Bertz CT molecular complexity index is 626. The molecule has 2 fully saturated rings. The maximum atomic E-state index is 12.7. The molecule has 1 aromatic rings. The van der Waals surface area contributed by atoms with E-state index in [9.17, 15) is 18.3 Å². The Hall–Kier alpha value is -1.60. The highest BCUT2D eigenvalue weighted by molar-refractivity contribution is 7.89. The Kier molecular flexibility index (Phi) is 3.18. The SMILES string of the molecule is O=C1NCC2C1CCCN2S(=O)(=O)c1ccc(O)cc1. The van der Waals surface area contributed by atoms with Gasteiger partial charge in [-0.05, 0) is 37.1 Å². The zero-order valence-corrected chi connectivity index (χ0v) is 11.6. The first kappa shape index (κ1) is 13.4. The van der Waals surface area contributed by atoms with Gasteiger partial charge >= 0.3 is 0 Å². The first-order valence-electron chi connectivity index (χ1n) is 6.59. The first-order valence-corrected chi connectivity index (χ1v) is 8.03. The fourth-order valence-electron chi connectivity index (χ4n) is 2.96. The summed E-state index contributed by atoms with van der Waals surface area (Å²) >= 11 is 0. The van der Waals surface area contributed by atoms with Gasteiger partial charge in [0, 0.05) is 13.1 Å². The van der Waals surface area contributed by atoms with Crippen LogP contribution in [0.3, 0.4) is 0 Å². The van der Waals surface area contributed by atoms with Crippen molar-refractivity contribution in [1.82, 2.24) is 9.62 Å². The first-order chi connectivity index (χ1) is 9.50. The Balaban J connectivity index is 1.94. The van der Waals surface area contributed by atoms with E-state index in [2.05, 4.69) is 5.32 Å². The highest BCUT2D eigenvalue weighted by Gasteiger charge is 2.45. The number of fused-ring (bicyclic) bond motifs is 1. The number of carbonyl (C=O) groups excluding carboxylic acids is 1. The van der Waals surface area contributed by atoms with E-state index in [0.29, 0.717) is 19.5 Å². The summed E-state index contributed by atoms with van der Waals surface area (Å²) in [5.41, 5.74) is 0. The number of piperidine rings is 1. The second-order valence-electron chi connectivity index (χ2n) is 5.17. The molecule has 2 aliphatic rings. The van der Waals surface area contributed by atoms with Gasteiger partial charge in [0.05, 0.1) is 16.9 Å². The molecule has 3 rings (SSSR count). The van der Waals surface area contributed by atoms with Gasteiger partial charge in [-0.25, -0.2) is 8.42 Å². The van der Waals surface area contributed by atoms with Gasteiger partial charge in [-0.3, -0.25) is 4.79 Å². The minimum Gasteiger partial charge on any atom is -0.508 e. The summed E-state index contributed by atoms with van der Waals surface area (Å²) in [5.74, 6) is -0.269. The van der Waals surface area contributed by atoms with Gasteiger partial charge in [0.1, 0.15) is 5.75 Å². The number of carbonyl (C=O) groups is 1. The van der Waals surface area contributed by atoms with Crippen LogP contribution < -0.4 is 5.32 Å². The molecule has 2 saturated heterocycles. The third-order valence-electron chi connectivity index (χ3n) is 3.99. The van der Waals surface area contributed by atoms with Crippen molar-refractivity contribution in [3.05, 3.63) is 24.3 Å². The number of nitrogens with zero attached hydrogens (tertiary/aromatic N) is 1. The van der Waals surface area contributed by atoms with Crippen molar-refractivity contribution in [2.75, 3.05) is 13.1 Å². The molecule has 0 aromatic heterocycles. The second-order valence-corrected chi connectivity index (χ2v) is 7.06. The van der Waals surface area contributed by atoms with Crippen molar-refractivity contribution in [3.8, 4) is 5.75 Å². The van der Waals surface area contributed by atoms with Crippen LogP contribution in [-0.2, 0) is 14.8 Å². The molecule has 0 bridgehead atoms. The van der Waals surface area contributed by atoms with E-state index in [1.807, 2.05) is 0 Å². The average Bonchev–Trinajstić information content (AvgIpc) is 2.81. The zero-order valence-electron chi connectivity index (χ0n) is 10.8. The highest BCUT2D eigenvalue weighted by atomic mass is 32.2. The van der Waals surface area contributed by atoms with Gasteiger partial charge in [0.2, 0.25) is 15.9 Å². The van der Waals surface area contributed by atoms with E-state index >= 15 is 0 Å². The molecule has 0 saturated carbocycles. The smallest absolute Gasteiger partial charge is 0.243 e. The van der Waals surface area contributed by atoms with E-state index in [-0.39, 0.29) is 28.5 Å². The molecule has 0 aliphatic carbocycles. The second kappa shape index (κ2) is 4.75. The molecule has 1 amide bonds. The quantitative estimate of drug-likeness (QED) is 0.821. The molecule has 2 heterocycles. The standard InChI is InChI=1S/C13H16N2O4S/c16-9-3-5-10(6-4-9)20(18,19)15-7-1-2-11-12(15)8-14-13(11)17/h3-6,11-12,16H,1-2,7-8H2,(H,14,17). The van der Waals surface area contributed by atoms with Crippen molar-refractivity contribution >= 4 is 15.9 Å². The van der Waals surface area contributed by atoms with Gasteiger partial charge < -0.3 is 10.4 Å². The van der Waals surface area contributed by atoms with Crippen LogP contribution in [0.15, 0.2) is 29.2 Å². The number of phenols is 1. The fraction of sp³-hybridized carbons (Fsp3) is 0.462. The summed E-state index contributed by atoms with van der Waals surface area (Å²) in [6, 6.07) is 5.19. The van der Waals surface area contributed by atoms with Gasteiger partial charge in [0.15, 0.2) is 0 Å². The third kappa shape index (κ3) is 2.06. The Labute approximate surface area is 117 Å². The van der Waals surface area contributed by atoms with Crippen molar-refractivity contribution < 1.29 is 18.3 Å². The van der Waals surface area contributed by atoms with E-state index in [0.717, 1.165) is 6.42 Å². The van der Waals surface area contributed by atoms with Gasteiger partial charge in [-0.1, -0.05) is 0 Å². The normalized spacial score (nSPS) is 27.1. The van der Waals surface area contributed by atoms with Crippen LogP contribution >= 0.6 is 0 Å². The third-order valence-corrected chi connectivity index (χ3v) is 5.93. The van der Waals surface area contributed by atoms with Crippen molar-refractivity contribution in [1.29, 1.82) is 0 Å². The Morgan fingerprint density at radius 3 is 2.65 bits per heavy atom. The van der Waals surface area contributed by atoms with Crippen LogP contribution in [0.25, 0.3) is 0 Å². The monoisotopic (exact) mass is 296 g/mol. The van der Waals surface area contributed by atoms with E-state index in [4.69, 9.17) is 0 Å². The number of hydrogen-bond donors (Lipinski definition) is 2. The summed E-state index contributed by atoms with van der Waals surface area (Å²) in [5, 5.41) is 12.0. The topological polar surface area (TPSA) is 86.7 Å². The average molecular weight is 296 g/mol. The molecule has 1 aromatic carbocycles. The molecule has 0 radical (unpaired) electrons. The molecule has 0 spiro atoms. The predicted octanol–water partition coefficient (Wildman–Crippen LogP) is 0.291. The van der Waals surface area contributed by atoms with Crippen LogP contribution in [-0.4, -0.2) is 42.9 Å². The number of hydrogen-bond acceptors (Lipinski definition) is 4. The van der Waals surface area contributed by atoms with E-state index in [1.165, 1.54) is 28.6 Å². The maximum absolute atomic E-state index is 12.7. The summed E-state index contributed by atoms with van der Waals surface area (Å²) in [7, 11) is -3.63. The number of aromatic hydroxyl groups is 1.